The third-order valence-electron chi connectivity index (χ3n) is 3.22. The van der Waals surface area contributed by atoms with Gasteiger partial charge in [-0.2, -0.15) is 0 Å². The SMILES string of the molecule is CC1Oc2ccc(CC(=O)NCCN(C)C)cc2NC1=O. The molecular formula is C15H21N3O3. The van der Waals surface area contributed by atoms with E-state index in [-0.39, 0.29) is 18.2 Å². The Morgan fingerprint density at radius 2 is 2.19 bits per heavy atom. The maximum atomic E-state index is 11.8. The van der Waals surface area contributed by atoms with E-state index < -0.39 is 6.10 Å². The summed E-state index contributed by atoms with van der Waals surface area (Å²) >= 11 is 0. The molecule has 1 aliphatic rings. The van der Waals surface area contributed by atoms with Crippen molar-refractivity contribution >= 4 is 17.5 Å². The molecule has 1 heterocycles. The Hall–Kier alpha value is -2.08. The summed E-state index contributed by atoms with van der Waals surface area (Å²) in [5.41, 5.74) is 1.46. The molecule has 0 radical (unpaired) electrons. The van der Waals surface area contributed by atoms with Crippen LogP contribution in [0.1, 0.15) is 12.5 Å². The zero-order chi connectivity index (χ0) is 15.4. The number of carbonyl (C=O) groups excluding carboxylic acids is 2. The summed E-state index contributed by atoms with van der Waals surface area (Å²) in [4.78, 5) is 25.4. The number of nitrogens with zero attached hydrogens (tertiary/aromatic N) is 1. The Bertz CT molecular complexity index is 543. The minimum atomic E-state index is -0.488. The number of nitrogens with one attached hydrogen (secondary N) is 2. The summed E-state index contributed by atoms with van der Waals surface area (Å²) in [6.45, 7) is 3.12. The highest BCUT2D eigenvalue weighted by atomic mass is 16.5. The van der Waals surface area contributed by atoms with Crippen LogP contribution in [0, 0.1) is 0 Å². The number of likely N-dealkylation sites (N-methyl/N-ethyl adjacent to an activating group) is 1. The lowest BCUT2D eigenvalue weighted by Crippen LogP contribution is -2.34. The third-order valence-corrected chi connectivity index (χ3v) is 3.22. The summed E-state index contributed by atoms with van der Waals surface area (Å²) in [6, 6.07) is 5.41. The van der Waals surface area contributed by atoms with Crippen molar-refractivity contribution in [1.82, 2.24) is 10.2 Å². The van der Waals surface area contributed by atoms with Crippen molar-refractivity contribution in [3.63, 3.8) is 0 Å². The van der Waals surface area contributed by atoms with Crippen LogP contribution >= 0.6 is 0 Å². The molecule has 0 bridgehead atoms. The van der Waals surface area contributed by atoms with Crippen molar-refractivity contribution in [2.45, 2.75) is 19.4 Å². The van der Waals surface area contributed by atoms with Crippen molar-refractivity contribution in [3.05, 3.63) is 23.8 Å². The van der Waals surface area contributed by atoms with Crippen LogP contribution in [0.15, 0.2) is 18.2 Å². The van der Waals surface area contributed by atoms with Gasteiger partial charge >= 0.3 is 0 Å². The van der Waals surface area contributed by atoms with Gasteiger partial charge in [-0.3, -0.25) is 9.59 Å². The molecule has 0 aliphatic carbocycles. The molecule has 1 unspecified atom stereocenters. The molecule has 1 aromatic carbocycles. The van der Waals surface area contributed by atoms with Crippen molar-refractivity contribution < 1.29 is 14.3 Å². The number of amides is 2. The van der Waals surface area contributed by atoms with Gasteiger partial charge in [-0.25, -0.2) is 0 Å². The second-order valence-corrected chi connectivity index (χ2v) is 5.41. The number of ether oxygens (including phenoxy) is 1. The van der Waals surface area contributed by atoms with Crippen LogP contribution in [0.4, 0.5) is 5.69 Å². The normalized spacial score (nSPS) is 17.0. The lowest BCUT2D eigenvalue weighted by Gasteiger charge is -2.23. The van der Waals surface area contributed by atoms with Gasteiger partial charge in [-0.15, -0.1) is 0 Å². The maximum absolute atomic E-state index is 11.8. The van der Waals surface area contributed by atoms with Crippen LogP contribution in [-0.2, 0) is 16.0 Å². The molecule has 1 aliphatic heterocycles. The molecule has 6 heteroatoms. The first-order valence-corrected chi connectivity index (χ1v) is 6.97. The van der Waals surface area contributed by atoms with Crippen LogP contribution in [0.25, 0.3) is 0 Å². The maximum Gasteiger partial charge on any atom is 0.265 e. The van der Waals surface area contributed by atoms with Crippen LogP contribution < -0.4 is 15.4 Å². The number of anilines is 1. The third kappa shape index (κ3) is 4.19. The molecule has 6 nitrogen and oxygen atoms in total. The zero-order valence-corrected chi connectivity index (χ0v) is 12.6. The second-order valence-electron chi connectivity index (χ2n) is 5.41. The van der Waals surface area contributed by atoms with E-state index in [1.165, 1.54) is 0 Å². The monoisotopic (exact) mass is 291 g/mol. The number of hydrogen-bond donors (Lipinski definition) is 2. The van der Waals surface area contributed by atoms with E-state index >= 15 is 0 Å². The number of fused-ring (bicyclic) bond motifs is 1. The summed E-state index contributed by atoms with van der Waals surface area (Å²) in [5.74, 6) is 0.433. The molecule has 0 fully saturated rings. The Morgan fingerprint density at radius 1 is 1.43 bits per heavy atom. The van der Waals surface area contributed by atoms with Crippen molar-refractivity contribution in [2.75, 3.05) is 32.5 Å². The quantitative estimate of drug-likeness (QED) is 0.834. The van der Waals surface area contributed by atoms with E-state index in [2.05, 4.69) is 10.6 Å². The van der Waals surface area contributed by atoms with Gasteiger partial charge in [0.1, 0.15) is 5.75 Å². The van der Waals surface area contributed by atoms with E-state index in [0.29, 0.717) is 18.0 Å². The lowest BCUT2D eigenvalue weighted by molar-refractivity contribution is -0.122. The van der Waals surface area contributed by atoms with E-state index in [1.54, 1.807) is 19.1 Å². The summed E-state index contributed by atoms with van der Waals surface area (Å²) in [5, 5.41) is 5.64. The van der Waals surface area contributed by atoms with E-state index in [4.69, 9.17) is 4.74 Å². The van der Waals surface area contributed by atoms with E-state index in [1.807, 2.05) is 25.1 Å². The van der Waals surface area contributed by atoms with Crippen molar-refractivity contribution in [1.29, 1.82) is 0 Å². The number of benzene rings is 1. The first-order valence-electron chi connectivity index (χ1n) is 6.97. The summed E-state index contributed by atoms with van der Waals surface area (Å²) in [6.07, 6.45) is -0.204. The standard InChI is InChI=1S/C15H21N3O3/c1-10-15(20)17-12-8-11(4-5-13(12)21-10)9-14(19)16-6-7-18(2)3/h4-5,8,10H,6-7,9H2,1-3H3,(H,16,19)(H,17,20). The van der Waals surface area contributed by atoms with Crippen molar-refractivity contribution in [3.8, 4) is 5.75 Å². The molecule has 2 rings (SSSR count). The highest BCUT2D eigenvalue weighted by Crippen LogP contribution is 2.30. The molecule has 0 spiro atoms. The summed E-state index contributed by atoms with van der Waals surface area (Å²) < 4.78 is 5.48. The number of carbonyl (C=O) groups is 2. The van der Waals surface area contributed by atoms with Gasteiger partial charge in [-0.1, -0.05) is 6.07 Å². The first-order chi connectivity index (χ1) is 9.95. The van der Waals surface area contributed by atoms with Gasteiger partial charge in [0, 0.05) is 13.1 Å². The average Bonchev–Trinajstić information content (AvgIpc) is 2.40. The Morgan fingerprint density at radius 3 is 2.90 bits per heavy atom. The number of rotatable bonds is 5. The number of hydrogen-bond acceptors (Lipinski definition) is 4. The molecular weight excluding hydrogens is 270 g/mol. The molecule has 0 aromatic heterocycles. The minimum absolute atomic E-state index is 0.0341. The van der Waals surface area contributed by atoms with Gasteiger partial charge in [0.05, 0.1) is 12.1 Å². The van der Waals surface area contributed by atoms with E-state index in [0.717, 1.165) is 12.1 Å². The van der Waals surface area contributed by atoms with Crippen LogP contribution in [0.5, 0.6) is 5.75 Å². The molecule has 0 saturated heterocycles. The first kappa shape index (κ1) is 15.3. The van der Waals surface area contributed by atoms with E-state index in [9.17, 15) is 9.59 Å². The largest absolute Gasteiger partial charge is 0.479 e. The Balaban J connectivity index is 1.94. The Labute approximate surface area is 124 Å². The smallest absolute Gasteiger partial charge is 0.265 e. The fourth-order valence-electron chi connectivity index (χ4n) is 2.03. The van der Waals surface area contributed by atoms with Gasteiger partial charge in [-0.05, 0) is 38.7 Å². The van der Waals surface area contributed by atoms with Crippen LogP contribution in [0.2, 0.25) is 0 Å². The lowest BCUT2D eigenvalue weighted by atomic mass is 10.1. The molecule has 2 N–H and O–H groups in total. The molecule has 114 valence electrons. The fourth-order valence-corrected chi connectivity index (χ4v) is 2.03. The van der Waals surface area contributed by atoms with Gasteiger partial charge in [0.25, 0.3) is 5.91 Å². The second kappa shape index (κ2) is 6.58. The van der Waals surface area contributed by atoms with Gasteiger partial charge in [0.2, 0.25) is 5.91 Å². The zero-order valence-electron chi connectivity index (χ0n) is 12.6. The molecule has 1 atom stereocenters. The molecule has 2 amide bonds. The molecule has 0 saturated carbocycles. The minimum Gasteiger partial charge on any atom is -0.479 e. The van der Waals surface area contributed by atoms with Crippen molar-refractivity contribution in [2.24, 2.45) is 0 Å². The van der Waals surface area contributed by atoms with Crippen LogP contribution in [0.3, 0.4) is 0 Å². The van der Waals surface area contributed by atoms with Gasteiger partial charge < -0.3 is 20.3 Å². The topological polar surface area (TPSA) is 70.7 Å². The Kier molecular flexibility index (Phi) is 4.80. The molecule has 1 aromatic rings. The van der Waals surface area contributed by atoms with Crippen LogP contribution in [-0.4, -0.2) is 50.0 Å². The summed E-state index contributed by atoms with van der Waals surface area (Å²) in [7, 11) is 3.92. The van der Waals surface area contributed by atoms with Gasteiger partial charge in [0.15, 0.2) is 6.10 Å². The fraction of sp³-hybridized carbons (Fsp3) is 0.467. The highest BCUT2D eigenvalue weighted by molar-refractivity contribution is 5.97. The predicted molar refractivity (Wildman–Crippen MR) is 80.4 cm³/mol. The predicted octanol–water partition coefficient (Wildman–Crippen LogP) is 0.626. The molecule has 21 heavy (non-hydrogen) atoms. The average molecular weight is 291 g/mol. The highest BCUT2D eigenvalue weighted by Gasteiger charge is 2.23.